The highest BCUT2D eigenvalue weighted by Crippen LogP contribution is 2.40. The fourth-order valence-corrected chi connectivity index (χ4v) is 1.62. The highest BCUT2D eigenvalue weighted by molar-refractivity contribution is 5.30. The Morgan fingerprint density at radius 3 is 2.68 bits per heavy atom. The molecule has 0 amide bonds. The standard InChI is InChI=1S/C16H25NO2/c1-17(2)12-15(13-6-8-14(18)9-7-13)16(19)10-4-3-5-11-16/h6-9,15,18-19H,3-5,10-12H2,1-2H3/i1D3,3D2,4D2,5D2,8D,9D,10D2,11D2,12D2. The van der Waals surface area contributed by atoms with Crippen molar-refractivity contribution in [2.75, 3.05) is 20.5 Å². The molecule has 0 aliphatic heterocycles. The lowest BCUT2D eigenvalue weighted by molar-refractivity contribution is -0.0277. The Hall–Kier alpha value is -1.06. The normalized spacial score (nSPS) is 48.3. The van der Waals surface area contributed by atoms with Crippen molar-refractivity contribution in [2.24, 2.45) is 0 Å². The Kier molecular flexibility index (Phi) is 1.24. The van der Waals surface area contributed by atoms with Crippen LogP contribution in [0.15, 0.2) is 24.2 Å². The summed E-state index contributed by atoms with van der Waals surface area (Å²) in [5.74, 6) is -3.85. The zero-order valence-electron chi connectivity index (χ0n) is 27.1. The largest absolute Gasteiger partial charge is 0.508 e. The maximum Gasteiger partial charge on any atom is 0.115 e. The molecule has 0 saturated heterocycles. The summed E-state index contributed by atoms with van der Waals surface area (Å²) in [7, 11) is 0.656. The molecule has 3 heteroatoms. The van der Waals surface area contributed by atoms with Gasteiger partial charge in [0.15, 0.2) is 0 Å². The van der Waals surface area contributed by atoms with E-state index in [0.29, 0.717) is 19.2 Å². The van der Waals surface area contributed by atoms with Gasteiger partial charge < -0.3 is 15.1 Å². The average molecular weight is 280 g/mol. The minimum atomic E-state index is -4.21. The number of likely N-dealkylation sites (N-methyl/N-ethyl adjacent to an activating group) is 1. The number of benzene rings is 1. The Labute approximate surface area is 139 Å². The van der Waals surface area contributed by atoms with Gasteiger partial charge in [0.25, 0.3) is 0 Å². The van der Waals surface area contributed by atoms with E-state index in [-0.39, 0.29) is 4.90 Å². The second kappa shape index (κ2) is 5.93. The fourth-order valence-electron chi connectivity index (χ4n) is 1.62. The van der Waals surface area contributed by atoms with Crippen molar-refractivity contribution in [3.63, 3.8) is 0 Å². The highest BCUT2D eigenvalue weighted by atomic mass is 16.3. The van der Waals surface area contributed by atoms with Crippen LogP contribution in [-0.2, 0) is 0 Å². The van der Waals surface area contributed by atoms with E-state index in [1.54, 1.807) is 0 Å². The molecule has 106 valence electrons. The molecule has 1 aliphatic rings. The summed E-state index contributed by atoms with van der Waals surface area (Å²) in [6.07, 6.45) is -20.3. The van der Waals surface area contributed by atoms with Crippen molar-refractivity contribution in [3.05, 3.63) is 29.8 Å². The quantitative estimate of drug-likeness (QED) is 0.891. The monoisotopic (exact) mass is 280 g/mol. The number of phenols is 1. The summed E-state index contributed by atoms with van der Waals surface area (Å²) < 4.78 is 138. The molecule has 1 saturated carbocycles. The van der Waals surface area contributed by atoms with Crippen LogP contribution in [0.4, 0.5) is 0 Å². The molecular weight excluding hydrogens is 238 g/mol. The molecule has 0 bridgehead atoms. The Bertz CT molecular complexity index is 981. The van der Waals surface area contributed by atoms with Crippen molar-refractivity contribution in [1.29, 1.82) is 0 Å². The van der Waals surface area contributed by atoms with Crippen molar-refractivity contribution in [1.82, 2.24) is 4.90 Å². The molecule has 0 radical (unpaired) electrons. The van der Waals surface area contributed by atoms with Crippen LogP contribution < -0.4 is 0 Å². The van der Waals surface area contributed by atoms with Gasteiger partial charge in [0.2, 0.25) is 0 Å². The summed E-state index contributed by atoms with van der Waals surface area (Å²) in [6.45, 7) is -6.91. The van der Waals surface area contributed by atoms with Gasteiger partial charge in [-0.05, 0) is 44.4 Å². The van der Waals surface area contributed by atoms with Gasteiger partial charge in [-0.3, -0.25) is 0 Å². The van der Waals surface area contributed by atoms with Crippen LogP contribution in [0, 0.1) is 0 Å². The van der Waals surface area contributed by atoms with Crippen LogP contribution >= 0.6 is 0 Å². The number of aromatic hydroxyl groups is 1. The summed E-state index contributed by atoms with van der Waals surface area (Å²) in [4.78, 5) is -0.0245. The highest BCUT2D eigenvalue weighted by Gasteiger charge is 2.38. The number of aliphatic hydroxyl groups is 1. The molecule has 3 nitrogen and oxygen atoms in total. The second-order valence-electron chi connectivity index (χ2n) is 3.94. The first kappa shape index (κ1) is 3.99. The second-order valence-corrected chi connectivity index (χ2v) is 3.94. The minimum Gasteiger partial charge on any atom is -0.508 e. The third-order valence-electron chi connectivity index (χ3n) is 2.46. The lowest BCUT2D eigenvalue weighted by atomic mass is 9.72. The first-order valence-corrected chi connectivity index (χ1v) is 5.36. The van der Waals surface area contributed by atoms with Gasteiger partial charge in [-0.25, -0.2) is 0 Å². The van der Waals surface area contributed by atoms with Crippen LogP contribution in [0.3, 0.4) is 0 Å². The number of nitrogens with zero attached hydrogens (tertiary/aromatic N) is 1. The van der Waals surface area contributed by atoms with Gasteiger partial charge in [0, 0.05) is 33.0 Å². The predicted molar refractivity (Wildman–Crippen MR) is 77.4 cm³/mol. The van der Waals surface area contributed by atoms with Crippen molar-refractivity contribution in [2.45, 2.75) is 43.4 Å². The van der Waals surface area contributed by atoms with E-state index in [2.05, 4.69) is 0 Å². The minimum absolute atomic E-state index is 0.0245. The van der Waals surface area contributed by atoms with Crippen molar-refractivity contribution < 1.29 is 33.5 Å². The molecule has 2 N–H and O–H groups in total. The van der Waals surface area contributed by atoms with E-state index in [9.17, 15) is 10.2 Å². The van der Waals surface area contributed by atoms with E-state index < -0.39 is 80.3 Å². The van der Waals surface area contributed by atoms with Crippen molar-refractivity contribution in [3.8, 4) is 5.75 Å². The molecule has 1 aromatic carbocycles. The molecule has 1 atom stereocenters. The Morgan fingerprint density at radius 2 is 2.11 bits per heavy atom. The number of hydrogen-bond acceptors (Lipinski definition) is 3. The summed E-state index contributed by atoms with van der Waals surface area (Å²) in [5.41, 5.74) is -5.05. The van der Waals surface area contributed by atoms with Gasteiger partial charge in [-0.15, -0.1) is 0 Å². The summed E-state index contributed by atoms with van der Waals surface area (Å²) in [6, 6.07) is -0.641. The molecule has 1 fully saturated rings. The zero-order chi connectivity index (χ0) is 28.9. The maximum absolute atomic E-state index is 11.8. The van der Waals surface area contributed by atoms with E-state index in [1.807, 2.05) is 0 Å². The topological polar surface area (TPSA) is 43.7 Å². The lowest BCUT2D eigenvalue weighted by Crippen LogP contribution is -2.42. The number of hydrogen-bond donors (Lipinski definition) is 2. The van der Waals surface area contributed by atoms with Crippen LogP contribution in [0.25, 0.3) is 0 Å². The molecule has 0 aromatic heterocycles. The molecule has 1 unspecified atom stereocenters. The molecule has 0 spiro atoms. The van der Waals surface area contributed by atoms with E-state index in [0.717, 1.165) is 0 Å². The average Bonchev–Trinajstić information content (AvgIpc) is 2.68. The van der Waals surface area contributed by atoms with Gasteiger partial charge in [0.05, 0.1) is 8.34 Å². The maximum atomic E-state index is 11.8. The van der Waals surface area contributed by atoms with Crippen LogP contribution in [0.2, 0.25) is 0 Å². The first-order valence-electron chi connectivity index (χ1n) is 13.9. The smallest absolute Gasteiger partial charge is 0.115 e. The number of phenolic OH excluding ortho intramolecular Hbond substituents is 1. The summed E-state index contributed by atoms with van der Waals surface area (Å²) >= 11 is 0. The third kappa shape index (κ3) is 3.48. The van der Waals surface area contributed by atoms with E-state index in [4.69, 9.17) is 23.3 Å². The van der Waals surface area contributed by atoms with Crippen LogP contribution in [0.5, 0.6) is 5.75 Å². The van der Waals surface area contributed by atoms with Gasteiger partial charge in [-0.1, -0.05) is 31.3 Å². The number of rotatable bonds is 4. The molecular formula is C16H25NO2. The Balaban J connectivity index is 3.17. The molecule has 1 aliphatic carbocycles. The Morgan fingerprint density at radius 1 is 1.47 bits per heavy atom. The third-order valence-corrected chi connectivity index (χ3v) is 2.46. The fraction of sp³-hybridized carbons (Fsp3) is 0.625. The van der Waals surface area contributed by atoms with E-state index in [1.165, 1.54) is 0 Å². The van der Waals surface area contributed by atoms with E-state index >= 15 is 0 Å². The molecule has 2 rings (SSSR count). The van der Waals surface area contributed by atoms with Gasteiger partial charge in [-0.2, -0.15) is 0 Å². The molecule has 0 heterocycles. The van der Waals surface area contributed by atoms with Gasteiger partial charge in [0.1, 0.15) is 5.75 Å². The van der Waals surface area contributed by atoms with Gasteiger partial charge >= 0.3 is 0 Å². The van der Waals surface area contributed by atoms with Crippen LogP contribution in [-0.4, -0.2) is 41.2 Å². The lowest BCUT2D eigenvalue weighted by Gasteiger charge is -2.40. The first-order chi connectivity index (χ1) is 15.6. The predicted octanol–water partition coefficient (Wildman–Crippen LogP) is 2.73. The van der Waals surface area contributed by atoms with Crippen LogP contribution in [0.1, 0.15) is 66.6 Å². The molecule has 19 heavy (non-hydrogen) atoms. The zero-order valence-corrected chi connectivity index (χ0v) is 10.1. The molecule has 1 aromatic rings. The summed E-state index contributed by atoms with van der Waals surface area (Å²) in [5, 5.41) is 21.6. The SMILES string of the molecule is [2H]c1cc(C(C([2H])([2H])N(C)C([2H])([2H])[2H])C2(O)C([2H])([2H])C([2H])([2H])C([2H])([2H])C([2H])([2H])C2([2H])[2H])cc([2H])c1O. The van der Waals surface area contributed by atoms with Crippen molar-refractivity contribution >= 4 is 0 Å².